The van der Waals surface area contributed by atoms with Crippen molar-refractivity contribution in [2.75, 3.05) is 28.7 Å². The normalized spacial score (nSPS) is 22.6. The van der Waals surface area contributed by atoms with Gasteiger partial charge in [-0.3, -0.25) is 4.79 Å². The molecule has 0 bridgehead atoms. The van der Waals surface area contributed by atoms with Crippen LogP contribution in [0.1, 0.15) is 43.7 Å². The molecule has 4 nitrogen and oxygen atoms in total. The molecule has 1 aromatic rings. The van der Waals surface area contributed by atoms with E-state index in [1.807, 2.05) is 4.90 Å². The maximum atomic E-state index is 12.7. The predicted octanol–water partition coefficient (Wildman–Crippen LogP) is 3.01. The summed E-state index contributed by atoms with van der Waals surface area (Å²) in [5.41, 5.74) is 3.61. The van der Waals surface area contributed by atoms with Crippen LogP contribution in [-0.4, -0.2) is 43.4 Å². The number of hydrogen-bond donors (Lipinski definition) is 0. The lowest BCUT2D eigenvalue weighted by atomic mass is 9.95. The average Bonchev–Trinajstić information content (AvgIpc) is 2.90. The third kappa shape index (κ3) is 3.97. The zero-order valence-electron chi connectivity index (χ0n) is 14.3. The number of anilines is 1. The van der Waals surface area contributed by atoms with Crippen LogP contribution in [-0.2, 0) is 21.1 Å². The van der Waals surface area contributed by atoms with Crippen LogP contribution in [0.25, 0.3) is 0 Å². The van der Waals surface area contributed by atoms with Crippen molar-refractivity contribution in [3.63, 3.8) is 0 Å². The molecule has 0 aromatic heterocycles. The first-order valence-corrected chi connectivity index (χ1v) is 11.5. The minimum atomic E-state index is -2.88. The zero-order chi connectivity index (χ0) is 17.3. The van der Waals surface area contributed by atoms with Crippen molar-refractivity contribution in [3.8, 4) is 0 Å². The van der Waals surface area contributed by atoms with E-state index < -0.39 is 9.84 Å². The molecular weight excluding hydrogens is 342 g/mol. The van der Waals surface area contributed by atoms with Crippen LogP contribution in [0.5, 0.6) is 0 Å². The van der Waals surface area contributed by atoms with Crippen molar-refractivity contribution in [2.45, 2.75) is 44.3 Å². The van der Waals surface area contributed by atoms with E-state index in [-0.39, 0.29) is 22.7 Å². The van der Waals surface area contributed by atoms with Gasteiger partial charge in [0.25, 0.3) is 0 Å². The van der Waals surface area contributed by atoms with Crippen molar-refractivity contribution < 1.29 is 13.2 Å². The van der Waals surface area contributed by atoms with E-state index in [9.17, 15) is 13.2 Å². The molecule has 1 unspecified atom stereocenters. The van der Waals surface area contributed by atoms with Crippen molar-refractivity contribution in [1.82, 2.24) is 0 Å². The summed E-state index contributed by atoms with van der Waals surface area (Å²) in [5.74, 6) is 1.44. The first-order chi connectivity index (χ1) is 11.4. The number of aryl methyl sites for hydroxylation is 1. The predicted molar refractivity (Wildman–Crippen MR) is 101 cm³/mol. The lowest BCUT2D eigenvalue weighted by molar-refractivity contribution is -0.116. The summed E-state index contributed by atoms with van der Waals surface area (Å²) >= 11 is 1.50. The van der Waals surface area contributed by atoms with E-state index in [0.29, 0.717) is 18.1 Å². The van der Waals surface area contributed by atoms with Gasteiger partial charge in [-0.2, -0.15) is 0 Å². The highest BCUT2D eigenvalue weighted by molar-refractivity contribution is 8.02. The number of rotatable bonds is 4. The van der Waals surface area contributed by atoms with Gasteiger partial charge in [0.2, 0.25) is 5.91 Å². The van der Waals surface area contributed by atoms with Gasteiger partial charge in [0.1, 0.15) is 0 Å². The maximum Gasteiger partial charge on any atom is 0.236 e. The van der Waals surface area contributed by atoms with Gasteiger partial charge in [0.05, 0.1) is 17.3 Å². The minimum Gasteiger partial charge on any atom is -0.311 e. The average molecular weight is 368 g/mol. The van der Waals surface area contributed by atoms with Gasteiger partial charge in [-0.05, 0) is 42.4 Å². The van der Waals surface area contributed by atoms with E-state index >= 15 is 0 Å². The number of sulfone groups is 1. The standard InChI is InChI=1S/C18H25NO3S2/c1-13(2)14-5-6-17-15(10-14)4-3-8-19(17)18(20)11-23-16-7-9-24(21,22)12-16/h5-6,10,13,16H,3-4,7-9,11-12H2,1-2H3. The van der Waals surface area contributed by atoms with Gasteiger partial charge in [-0.1, -0.05) is 26.0 Å². The Hall–Kier alpha value is -1.01. The smallest absolute Gasteiger partial charge is 0.236 e. The summed E-state index contributed by atoms with van der Waals surface area (Å²) in [7, 11) is -2.88. The highest BCUT2D eigenvalue weighted by atomic mass is 32.2. The van der Waals surface area contributed by atoms with E-state index in [1.165, 1.54) is 22.9 Å². The van der Waals surface area contributed by atoms with Crippen LogP contribution in [0.15, 0.2) is 18.2 Å². The molecule has 0 saturated carbocycles. The van der Waals surface area contributed by atoms with Crippen LogP contribution in [0.2, 0.25) is 0 Å². The van der Waals surface area contributed by atoms with Crippen LogP contribution >= 0.6 is 11.8 Å². The Balaban J connectivity index is 1.66. The highest BCUT2D eigenvalue weighted by Gasteiger charge is 2.30. The number of amides is 1. The molecule has 2 aliphatic rings. The summed E-state index contributed by atoms with van der Waals surface area (Å²) in [5, 5.41) is 0.0755. The molecule has 1 aromatic carbocycles. The largest absolute Gasteiger partial charge is 0.311 e. The van der Waals surface area contributed by atoms with E-state index in [2.05, 4.69) is 32.0 Å². The summed E-state index contributed by atoms with van der Waals surface area (Å²) in [6, 6.07) is 6.42. The summed E-state index contributed by atoms with van der Waals surface area (Å²) in [6.07, 6.45) is 2.69. The summed E-state index contributed by atoms with van der Waals surface area (Å²) in [4.78, 5) is 14.5. The van der Waals surface area contributed by atoms with E-state index in [0.717, 1.165) is 25.1 Å². The highest BCUT2D eigenvalue weighted by Crippen LogP contribution is 2.31. The van der Waals surface area contributed by atoms with Gasteiger partial charge in [-0.15, -0.1) is 11.8 Å². The van der Waals surface area contributed by atoms with E-state index in [1.54, 1.807) is 0 Å². The molecular formula is C18H25NO3S2. The van der Waals surface area contributed by atoms with Gasteiger partial charge in [-0.25, -0.2) is 8.42 Å². The first-order valence-electron chi connectivity index (χ1n) is 8.61. The van der Waals surface area contributed by atoms with Crippen molar-refractivity contribution in [3.05, 3.63) is 29.3 Å². The molecule has 1 atom stereocenters. The molecule has 6 heteroatoms. The van der Waals surface area contributed by atoms with Crippen LogP contribution < -0.4 is 4.90 Å². The fourth-order valence-corrected chi connectivity index (χ4v) is 6.91. The quantitative estimate of drug-likeness (QED) is 0.821. The summed E-state index contributed by atoms with van der Waals surface area (Å²) in [6.45, 7) is 5.12. The molecule has 1 amide bonds. The van der Waals surface area contributed by atoms with Crippen molar-refractivity contribution in [1.29, 1.82) is 0 Å². The third-order valence-electron chi connectivity index (χ3n) is 4.82. The number of fused-ring (bicyclic) bond motifs is 1. The Labute approximate surface area is 148 Å². The Bertz CT molecular complexity index is 728. The molecule has 1 saturated heterocycles. The monoisotopic (exact) mass is 367 g/mol. The molecule has 24 heavy (non-hydrogen) atoms. The molecule has 2 heterocycles. The maximum absolute atomic E-state index is 12.7. The van der Waals surface area contributed by atoms with E-state index in [4.69, 9.17) is 0 Å². The SMILES string of the molecule is CC(C)c1ccc2c(c1)CCCN2C(=O)CSC1CCS(=O)(=O)C1. The number of benzene rings is 1. The molecule has 1 fully saturated rings. The van der Waals surface area contributed by atoms with Crippen LogP contribution in [0.3, 0.4) is 0 Å². The number of carbonyl (C=O) groups is 1. The lowest BCUT2D eigenvalue weighted by Gasteiger charge is -2.30. The Morgan fingerprint density at radius 2 is 2.17 bits per heavy atom. The topological polar surface area (TPSA) is 54.5 Å². The van der Waals surface area contributed by atoms with Crippen molar-refractivity contribution in [2.24, 2.45) is 0 Å². The van der Waals surface area contributed by atoms with Crippen LogP contribution in [0, 0.1) is 0 Å². The number of nitrogens with zero attached hydrogens (tertiary/aromatic N) is 1. The fraction of sp³-hybridized carbons (Fsp3) is 0.611. The van der Waals surface area contributed by atoms with Gasteiger partial charge in [0, 0.05) is 17.5 Å². The Morgan fingerprint density at radius 3 is 2.83 bits per heavy atom. The first kappa shape index (κ1) is 17.8. The third-order valence-corrected chi connectivity index (χ3v) is 8.09. The molecule has 2 aliphatic heterocycles. The Kier molecular flexibility index (Phi) is 5.25. The molecule has 0 N–H and O–H groups in total. The minimum absolute atomic E-state index is 0.0755. The zero-order valence-corrected chi connectivity index (χ0v) is 16.0. The Morgan fingerprint density at radius 1 is 1.38 bits per heavy atom. The van der Waals surface area contributed by atoms with Gasteiger partial charge < -0.3 is 4.90 Å². The second-order valence-corrected chi connectivity index (χ2v) is 10.5. The van der Waals surface area contributed by atoms with Crippen molar-refractivity contribution >= 4 is 33.2 Å². The van der Waals surface area contributed by atoms with Gasteiger partial charge >= 0.3 is 0 Å². The van der Waals surface area contributed by atoms with Gasteiger partial charge in [0.15, 0.2) is 9.84 Å². The molecule has 0 aliphatic carbocycles. The number of thioether (sulfide) groups is 1. The second kappa shape index (κ2) is 7.08. The summed E-state index contributed by atoms with van der Waals surface area (Å²) < 4.78 is 23.1. The molecule has 0 radical (unpaired) electrons. The lowest BCUT2D eigenvalue weighted by Crippen LogP contribution is -2.37. The molecule has 0 spiro atoms. The number of hydrogen-bond acceptors (Lipinski definition) is 4. The molecule has 132 valence electrons. The number of carbonyl (C=O) groups excluding carboxylic acids is 1. The van der Waals surface area contributed by atoms with Crippen LogP contribution in [0.4, 0.5) is 5.69 Å². The second-order valence-electron chi connectivity index (χ2n) is 7.03. The molecule has 3 rings (SSSR count). The fourth-order valence-electron chi connectivity index (χ4n) is 3.39.